The van der Waals surface area contributed by atoms with Crippen molar-refractivity contribution >= 4 is 33.1 Å². The van der Waals surface area contributed by atoms with Crippen LogP contribution in [0.4, 0.5) is 0 Å². The lowest BCUT2D eigenvalue weighted by molar-refractivity contribution is 0.719. The maximum atomic E-state index is 5.76. The molecule has 0 aliphatic rings. The molecule has 7 heteroatoms. The molecule has 0 atom stereocenters. The van der Waals surface area contributed by atoms with Crippen LogP contribution in [0.1, 0.15) is 5.56 Å². The Hall–Kier alpha value is -2.12. The average Bonchev–Trinajstić information content (AvgIpc) is 2.97. The number of benzene rings is 2. The Balaban J connectivity index is 2.07. The summed E-state index contributed by atoms with van der Waals surface area (Å²) in [7, 11) is 0. The van der Waals surface area contributed by atoms with E-state index in [1.165, 1.54) is 4.80 Å². The second-order valence-electron chi connectivity index (χ2n) is 4.29. The van der Waals surface area contributed by atoms with Crippen molar-refractivity contribution in [1.29, 1.82) is 0 Å². The molecule has 1 aromatic heterocycles. The molecule has 0 amide bonds. The highest BCUT2D eigenvalue weighted by atomic mass is 79.9. The third-order valence-electron chi connectivity index (χ3n) is 2.89. The van der Waals surface area contributed by atoms with E-state index in [-0.39, 0.29) is 4.99 Å². The molecule has 3 rings (SSSR count). The lowest BCUT2D eigenvalue weighted by atomic mass is 10.2. The molecule has 0 unspecified atom stereocenters. The van der Waals surface area contributed by atoms with E-state index in [2.05, 4.69) is 31.3 Å². The molecule has 1 heterocycles. The zero-order valence-electron chi connectivity index (χ0n) is 10.8. The molecule has 3 aromatic rings. The van der Waals surface area contributed by atoms with Gasteiger partial charge in [-0.1, -0.05) is 58.5 Å². The molecule has 0 bridgehead atoms. The Kier molecular flexibility index (Phi) is 3.76. The molecular weight excluding hydrogens is 350 g/mol. The fourth-order valence-electron chi connectivity index (χ4n) is 1.90. The fraction of sp³-hybridized carbons (Fsp3) is 0. The second-order valence-corrected chi connectivity index (χ2v) is 5.65. The minimum Gasteiger partial charge on any atom is -0.389 e. The third kappa shape index (κ3) is 2.84. The Morgan fingerprint density at radius 2 is 1.90 bits per heavy atom. The number of tetrazole rings is 1. The van der Waals surface area contributed by atoms with Gasteiger partial charge in [-0.2, -0.15) is 0 Å². The highest BCUT2D eigenvalue weighted by Gasteiger charge is 2.12. The molecule has 0 saturated carbocycles. The summed E-state index contributed by atoms with van der Waals surface area (Å²) in [6.45, 7) is 0. The van der Waals surface area contributed by atoms with Crippen LogP contribution in [0, 0.1) is 0 Å². The van der Waals surface area contributed by atoms with Gasteiger partial charge in [0.2, 0.25) is 5.82 Å². The van der Waals surface area contributed by atoms with Crippen molar-refractivity contribution in [2.75, 3.05) is 0 Å². The maximum Gasteiger partial charge on any atom is 0.205 e. The zero-order valence-corrected chi connectivity index (χ0v) is 13.2. The summed E-state index contributed by atoms with van der Waals surface area (Å²) in [6.07, 6.45) is 0. The Bertz CT molecular complexity index is 800. The molecule has 104 valence electrons. The standard InChI is InChI=1S/C14H10BrN5S/c15-10-6-7-12(11(8-10)13(16)21)20-18-14(17-19-20)9-4-2-1-3-5-9/h1-8H,(H2,16,21). The Labute approximate surface area is 134 Å². The van der Waals surface area contributed by atoms with Gasteiger partial charge >= 0.3 is 0 Å². The molecule has 0 aliphatic carbocycles. The van der Waals surface area contributed by atoms with Crippen molar-refractivity contribution in [3.63, 3.8) is 0 Å². The summed E-state index contributed by atoms with van der Waals surface area (Å²) >= 11 is 8.48. The molecule has 5 nitrogen and oxygen atoms in total. The summed E-state index contributed by atoms with van der Waals surface area (Å²) in [5.74, 6) is 0.549. The number of rotatable bonds is 3. The van der Waals surface area contributed by atoms with E-state index < -0.39 is 0 Å². The number of aromatic nitrogens is 4. The van der Waals surface area contributed by atoms with Gasteiger partial charge in [0.15, 0.2) is 0 Å². The highest BCUT2D eigenvalue weighted by molar-refractivity contribution is 9.10. The van der Waals surface area contributed by atoms with Crippen LogP contribution in [0.15, 0.2) is 53.0 Å². The van der Waals surface area contributed by atoms with Crippen molar-refractivity contribution in [1.82, 2.24) is 20.2 Å². The second kappa shape index (κ2) is 5.71. The Morgan fingerprint density at radius 1 is 1.14 bits per heavy atom. The summed E-state index contributed by atoms with van der Waals surface area (Å²) in [5.41, 5.74) is 8.05. The number of nitrogens with two attached hydrogens (primary N) is 1. The molecule has 0 radical (unpaired) electrons. The van der Waals surface area contributed by atoms with Crippen LogP contribution >= 0.6 is 28.1 Å². The first-order valence-electron chi connectivity index (χ1n) is 6.10. The van der Waals surface area contributed by atoms with Crippen LogP contribution in [-0.4, -0.2) is 25.2 Å². The lowest BCUT2D eigenvalue weighted by Crippen LogP contribution is -2.14. The highest BCUT2D eigenvalue weighted by Crippen LogP contribution is 2.20. The van der Waals surface area contributed by atoms with Crippen LogP contribution in [0.5, 0.6) is 0 Å². The molecular formula is C14H10BrN5S. The topological polar surface area (TPSA) is 69.6 Å². The molecule has 2 N–H and O–H groups in total. The monoisotopic (exact) mass is 359 g/mol. The quantitative estimate of drug-likeness (QED) is 0.728. The predicted octanol–water partition coefficient (Wildman–Crippen LogP) is 2.73. The van der Waals surface area contributed by atoms with Gasteiger partial charge in [0.05, 0.1) is 5.69 Å². The van der Waals surface area contributed by atoms with Crippen LogP contribution in [0.2, 0.25) is 0 Å². The van der Waals surface area contributed by atoms with Crippen molar-refractivity contribution in [2.45, 2.75) is 0 Å². The first-order chi connectivity index (χ1) is 10.1. The van der Waals surface area contributed by atoms with Crippen LogP contribution in [0.3, 0.4) is 0 Å². The average molecular weight is 360 g/mol. The van der Waals surface area contributed by atoms with Gasteiger partial charge in [-0.3, -0.25) is 0 Å². The molecule has 0 saturated heterocycles. The molecule has 21 heavy (non-hydrogen) atoms. The largest absolute Gasteiger partial charge is 0.389 e. The number of thiocarbonyl (C=S) groups is 1. The zero-order chi connectivity index (χ0) is 14.8. The van der Waals surface area contributed by atoms with Gasteiger partial charge in [-0.05, 0) is 23.4 Å². The minimum atomic E-state index is 0.282. The smallest absolute Gasteiger partial charge is 0.205 e. The minimum absolute atomic E-state index is 0.282. The van der Waals surface area contributed by atoms with E-state index in [0.29, 0.717) is 17.1 Å². The molecule has 0 fully saturated rings. The van der Waals surface area contributed by atoms with Gasteiger partial charge in [-0.15, -0.1) is 15.0 Å². The van der Waals surface area contributed by atoms with Crippen molar-refractivity contribution in [2.24, 2.45) is 5.73 Å². The van der Waals surface area contributed by atoms with E-state index in [4.69, 9.17) is 18.0 Å². The first kappa shape index (κ1) is 13.8. The van der Waals surface area contributed by atoms with Crippen molar-refractivity contribution in [3.05, 3.63) is 58.6 Å². The van der Waals surface area contributed by atoms with Gasteiger partial charge in [-0.25, -0.2) is 0 Å². The van der Waals surface area contributed by atoms with Crippen LogP contribution in [-0.2, 0) is 0 Å². The number of hydrogen-bond donors (Lipinski definition) is 1. The summed E-state index contributed by atoms with van der Waals surface area (Å²) in [4.78, 5) is 1.72. The van der Waals surface area contributed by atoms with Crippen molar-refractivity contribution in [3.8, 4) is 17.1 Å². The maximum absolute atomic E-state index is 5.76. The van der Waals surface area contributed by atoms with E-state index in [0.717, 1.165) is 10.0 Å². The van der Waals surface area contributed by atoms with E-state index >= 15 is 0 Å². The summed E-state index contributed by atoms with van der Waals surface area (Å²) < 4.78 is 0.887. The van der Waals surface area contributed by atoms with E-state index in [9.17, 15) is 0 Å². The molecule has 2 aromatic carbocycles. The molecule has 0 aliphatic heterocycles. The van der Waals surface area contributed by atoms with Gasteiger partial charge in [0, 0.05) is 15.6 Å². The fourth-order valence-corrected chi connectivity index (χ4v) is 2.42. The van der Waals surface area contributed by atoms with Crippen molar-refractivity contribution < 1.29 is 0 Å². The van der Waals surface area contributed by atoms with Gasteiger partial charge in [0.1, 0.15) is 4.99 Å². The first-order valence-corrected chi connectivity index (χ1v) is 7.30. The SMILES string of the molecule is NC(=S)c1cc(Br)ccc1-n1nnc(-c2ccccc2)n1. The van der Waals surface area contributed by atoms with E-state index in [1.807, 2.05) is 48.5 Å². The van der Waals surface area contributed by atoms with Gasteiger partial charge < -0.3 is 5.73 Å². The third-order valence-corrected chi connectivity index (χ3v) is 3.60. The summed E-state index contributed by atoms with van der Waals surface area (Å²) in [5, 5.41) is 12.5. The number of hydrogen-bond acceptors (Lipinski definition) is 4. The molecule has 0 spiro atoms. The predicted molar refractivity (Wildman–Crippen MR) is 88.2 cm³/mol. The normalized spacial score (nSPS) is 10.5. The lowest BCUT2D eigenvalue weighted by Gasteiger charge is -2.06. The van der Waals surface area contributed by atoms with E-state index in [1.54, 1.807) is 0 Å². The van der Waals surface area contributed by atoms with Gasteiger partial charge in [0.25, 0.3) is 0 Å². The van der Waals surface area contributed by atoms with Crippen LogP contribution in [0.25, 0.3) is 17.1 Å². The number of nitrogens with zero attached hydrogens (tertiary/aromatic N) is 4. The van der Waals surface area contributed by atoms with Crippen LogP contribution < -0.4 is 5.73 Å². The number of halogens is 1. The summed E-state index contributed by atoms with van der Waals surface area (Å²) in [6, 6.07) is 15.2. The Morgan fingerprint density at radius 3 is 2.62 bits per heavy atom.